The van der Waals surface area contributed by atoms with Gasteiger partial charge in [0, 0.05) is 23.4 Å². The minimum Gasteiger partial charge on any atom is -0.295 e. The number of hydrogen-bond acceptors (Lipinski definition) is 2. The van der Waals surface area contributed by atoms with Crippen molar-refractivity contribution in [3.05, 3.63) is 56.8 Å². The lowest BCUT2D eigenvalue weighted by Crippen LogP contribution is -2.40. The molecule has 2 atom stereocenters. The standard InChI is InChI=1S/C19H21NS/c1-2-6-14-13(5-1)8-9-18-19-15(14)11-20-10-4-3-7-17(20)16(19)12-21-18/h1-2,5-6,12,15,17H,3-4,7-11H2. The first kappa shape index (κ1) is 12.4. The number of rotatable bonds is 0. The number of piperidine rings is 1. The number of fused-ring (bicyclic) bond motifs is 4. The molecule has 1 nitrogen and oxygen atoms in total. The van der Waals surface area contributed by atoms with Gasteiger partial charge in [0.05, 0.1) is 0 Å². The highest BCUT2D eigenvalue weighted by atomic mass is 32.1. The molecule has 21 heavy (non-hydrogen) atoms. The number of benzene rings is 1. The molecule has 1 aliphatic carbocycles. The van der Waals surface area contributed by atoms with Crippen molar-refractivity contribution >= 4 is 11.3 Å². The third-order valence-corrected chi connectivity index (χ3v) is 6.81. The molecule has 0 radical (unpaired) electrons. The van der Waals surface area contributed by atoms with E-state index in [2.05, 4.69) is 34.5 Å². The zero-order chi connectivity index (χ0) is 13.8. The Hall–Kier alpha value is -1.12. The predicted octanol–water partition coefficient (Wildman–Crippen LogP) is 4.52. The van der Waals surface area contributed by atoms with Crippen molar-refractivity contribution in [3.8, 4) is 0 Å². The van der Waals surface area contributed by atoms with Crippen LogP contribution in [0.15, 0.2) is 29.6 Å². The minimum atomic E-state index is 0.634. The molecule has 2 unspecified atom stereocenters. The van der Waals surface area contributed by atoms with Crippen LogP contribution in [0.4, 0.5) is 0 Å². The van der Waals surface area contributed by atoms with E-state index in [1.807, 2.05) is 11.3 Å². The van der Waals surface area contributed by atoms with Gasteiger partial charge in [-0.25, -0.2) is 0 Å². The van der Waals surface area contributed by atoms with E-state index in [0.717, 1.165) is 6.04 Å². The lowest BCUT2D eigenvalue weighted by molar-refractivity contribution is 0.131. The van der Waals surface area contributed by atoms with Crippen LogP contribution in [0.2, 0.25) is 0 Å². The number of hydrogen-bond donors (Lipinski definition) is 0. The molecule has 0 N–H and O–H groups in total. The van der Waals surface area contributed by atoms with Crippen molar-refractivity contribution in [2.75, 3.05) is 13.1 Å². The van der Waals surface area contributed by atoms with Crippen LogP contribution in [0.3, 0.4) is 0 Å². The SMILES string of the molecule is c1ccc2c(c1)CCc1scc3c1C2CN1CCCCC31. The van der Waals surface area contributed by atoms with E-state index in [-0.39, 0.29) is 0 Å². The highest BCUT2D eigenvalue weighted by Gasteiger charge is 2.38. The molecular weight excluding hydrogens is 274 g/mol. The molecule has 108 valence electrons. The Morgan fingerprint density at radius 3 is 3.00 bits per heavy atom. The molecule has 0 spiro atoms. The Morgan fingerprint density at radius 2 is 2.00 bits per heavy atom. The molecule has 2 heteroatoms. The largest absolute Gasteiger partial charge is 0.295 e. The van der Waals surface area contributed by atoms with Gasteiger partial charge in [0.1, 0.15) is 0 Å². The summed E-state index contributed by atoms with van der Waals surface area (Å²) in [6.07, 6.45) is 6.65. The second-order valence-corrected chi connectivity index (χ2v) is 7.75. The first-order valence-corrected chi connectivity index (χ1v) is 9.22. The Labute approximate surface area is 130 Å². The first-order valence-electron chi connectivity index (χ1n) is 8.34. The van der Waals surface area contributed by atoms with Gasteiger partial charge in [-0.15, -0.1) is 11.3 Å². The summed E-state index contributed by atoms with van der Waals surface area (Å²) in [4.78, 5) is 4.45. The fourth-order valence-corrected chi connectivity index (χ4v) is 5.92. The van der Waals surface area contributed by atoms with Gasteiger partial charge in [-0.3, -0.25) is 4.90 Å². The Balaban J connectivity index is 1.71. The molecule has 1 aromatic carbocycles. The van der Waals surface area contributed by atoms with Crippen LogP contribution < -0.4 is 0 Å². The second-order valence-electron chi connectivity index (χ2n) is 6.79. The molecular formula is C19H21NS. The zero-order valence-corrected chi connectivity index (χ0v) is 13.2. The van der Waals surface area contributed by atoms with E-state index >= 15 is 0 Å². The van der Waals surface area contributed by atoms with E-state index in [1.54, 1.807) is 27.1 Å². The zero-order valence-electron chi connectivity index (χ0n) is 12.3. The Kier molecular flexibility index (Phi) is 2.77. The molecule has 3 aliphatic rings. The topological polar surface area (TPSA) is 3.24 Å². The predicted molar refractivity (Wildman–Crippen MR) is 88.2 cm³/mol. The van der Waals surface area contributed by atoms with Crippen molar-refractivity contribution in [1.29, 1.82) is 0 Å². The molecule has 1 saturated heterocycles. The summed E-state index contributed by atoms with van der Waals surface area (Å²) in [6, 6.07) is 9.92. The summed E-state index contributed by atoms with van der Waals surface area (Å²) in [7, 11) is 0. The van der Waals surface area contributed by atoms with Crippen LogP contribution >= 0.6 is 11.3 Å². The monoisotopic (exact) mass is 295 g/mol. The number of thiophene rings is 1. The van der Waals surface area contributed by atoms with Crippen molar-refractivity contribution in [3.63, 3.8) is 0 Å². The summed E-state index contributed by atoms with van der Waals surface area (Å²) in [5, 5.41) is 2.49. The molecule has 0 bridgehead atoms. The van der Waals surface area contributed by atoms with Crippen LogP contribution in [0.5, 0.6) is 0 Å². The van der Waals surface area contributed by atoms with Crippen LogP contribution in [0, 0.1) is 0 Å². The fraction of sp³-hybridized carbons (Fsp3) is 0.474. The highest BCUT2D eigenvalue weighted by molar-refractivity contribution is 7.10. The summed E-state index contributed by atoms with van der Waals surface area (Å²) in [5.41, 5.74) is 6.61. The maximum absolute atomic E-state index is 2.77. The molecule has 2 aliphatic heterocycles. The van der Waals surface area contributed by atoms with Gasteiger partial charge in [0.15, 0.2) is 0 Å². The smallest absolute Gasteiger partial charge is 0.0359 e. The van der Waals surface area contributed by atoms with Crippen LogP contribution in [0.1, 0.15) is 58.4 Å². The maximum Gasteiger partial charge on any atom is 0.0359 e. The minimum absolute atomic E-state index is 0.634. The third-order valence-electron chi connectivity index (χ3n) is 5.73. The number of nitrogens with zero attached hydrogens (tertiary/aromatic N) is 1. The summed E-state index contributed by atoms with van der Waals surface area (Å²) in [6.45, 7) is 2.55. The van der Waals surface area contributed by atoms with Crippen molar-refractivity contribution in [2.45, 2.75) is 44.1 Å². The fourth-order valence-electron chi connectivity index (χ4n) is 4.76. The van der Waals surface area contributed by atoms with Crippen molar-refractivity contribution in [1.82, 2.24) is 4.90 Å². The lowest BCUT2D eigenvalue weighted by atomic mass is 9.79. The second kappa shape index (κ2) is 4.69. The maximum atomic E-state index is 2.77. The van der Waals surface area contributed by atoms with Crippen LogP contribution in [0.25, 0.3) is 0 Å². The summed E-state index contributed by atoms with van der Waals surface area (Å²) in [5.74, 6) is 0.634. The van der Waals surface area contributed by atoms with E-state index in [0.29, 0.717) is 5.92 Å². The normalized spacial score (nSPS) is 27.4. The van der Waals surface area contributed by atoms with E-state index in [9.17, 15) is 0 Å². The summed E-state index contributed by atoms with van der Waals surface area (Å²) < 4.78 is 0. The van der Waals surface area contributed by atoms with Gasteiger partial charge in [-0.1, -0.05) is 30.7 Å². The van der Waals surface area contributed by atoms with Crippen LogP contribution in [-0.4, -0.2) is 18.0 Å². The molecule has 3 heterocycles. The van der Waals surface area contributed by atoms with Gasteiger partial charge in [0.25, 0.3) is 0 Å². The average Bonchev–Trinajstić information content (AvgIpc) is 2.90. The van der Waals surface area contributed by atoms with Gasteiger partial charge < -0.3 is 0 Å². The van der Waals surface area contributed by atoms with Gasteiger partial charge in [0.2, 0.25) is 0 Å². The average molecular weight is 295 g/mol. The quantitative estimate of drug-likeness (QED) is 0.691. The highest BCUT2D eigenvalue weighted by Crippen LogP contribution is 2.49. The molecule has 2 aromatic rings. The van der Waals surface area contributed by atoms with Crippen molar-refractivity contribution in [2.24, 2.45) is 0 Å². The van der Waals surface area contributed by atoms with Gasteiger partial charge >= 0.3 is 0 Å². The van der Waals surface area contributed by atoms with E-state index < -0.39 is 0 Å². The number of aryl methyl sites for hydroxylation is 2. The summed E-state index contributed by atoms with van der Waals surface area (Å²) >= 11 is 2.03. The van der Waals surface area contributed by atoms with Gasteiger partial charge in [-0.2, -0.15) is 0 Å². The molecule has 5 rings (SSSR count). The molecule has 1 fully saturated rings. The molecule has 1 aromatic heterocycles. The third kappa shape index (κ3) is 1.79. The Morgan fingerprint density at radius 1 is 1.05 bits per heavy atom. The van der Waals surface area contributed by atoms with E-state index in [4.69, 9.17) is 0 Å². The van der Waals surface area contributed by atoms with Crippen LogP contribution in [-0.2, 0) is 12.8 Å². The van der Waals surface area contributed by atoms with E-state index in [1.165, 1.54) is 45.2 Å². The van der Waals surface area contributed by atoms with Crippen molar-refractivity contribution < 1.29 is 0 Å². The first-order chi connectivity index (χ1) is 10.4. The molecule has 0 saturated carbocycles. The Bertz CT molecular complexity index is 687. The molecule has 0 amide bonds. The lowest BCUT2D eigenvalue weighted by Gasteiger charge is -2.43. The van der Waals surface area contributed by atoms with Gasteiger partial charge in [-0.05, 0) is 59.9 Å².